The maximum Gasteiger partial charge on any atom is 0.229 e. The Morgan fingerprint density at radius 1 is 1.56 bits per heavy atom. The molecule has 0 atom stereocenters. The minimum atomic E-state index is -0.483. The minimum absolute atomic E-state index is 0.0829. The number of hydrogen-bond donors (Lipinski definition) is 1. The molecule has 0 bridgehead atoms. The first-order valence-corrected chi connectivity index (χ1v) is 6.67. The van der Waals surface area contributed by atoms with Crippen molar-refractivity contribution in [1.82, 2.24) is 4.90 Å². The standard InChI is InChI=1S/C11H17BrN2OS/c1-11(2,7-13)10(15)14(3)6-8-4-5-9(12)16-8/h4-5H,6-7,13H2,1-3H3. The molecule has 0 saturated carbocycles. The van der Waals surface area contributed by atoms with E-state index in [0.29, 0.717) is 13.1 Å². The summed E-state index contributed by atoms with van der Waals surface area (Å²) in [5, 5.41) is 0. The molecule has 90 valence electrons. The largest absolute Gasteiger partial charge is 0.340 e. The molecule has 0 radical (unpaired) electrons. The van der Waals surface area contributed by atoms with Crippen molar-refractivity contribution < 1.29 is 4.79 Å². The van der Waals surface area contributed by atoms with E-state index in [1.54, 1.807) is 16.2 Å². The first-order valence-electron chi connectivity index (χ1n) is 5.06. The van der Waals surface area contributed by atoms with E-state index >= 15 is 0 Å². The summed E-state index contributed by atoms with van der Waals surface area (Å²) in [5.41, 5.74) is 5.11. The maximum atomic E-state index is 12.0. The first kappa shape index (κ1) is 13.7. The van der Waals surface area contributed by atoms with Crippen LogP contribution < -0.4 is 5.73 Å². The third-order valence-corrected chi connectivity index (χ3v) is 4.07. The van der Waals surface area contributed by atoms with Gasteiger partial charge in [0, 0.05) is 18.5 Å². The fraction of sp³-hybridized carbons (Fsp3) is 0.545. The lowest BCUT2D eigenvalue weighted by molar-refractivity contribution is -0.138. The van der Waals surface area contributed by atoms with E-state index < -0.39 is 5.41 Å². The topological polar surface area (TPSA) is 46.3 Å². The van der Waals surface area contributed by atoms with E-state index in [-0.39, 0.29) is 5.91 Å². The predicted molar refractivity (Wildman–Crippen MR) is 71.3 cm³/mol. The molecule has 0 fully saturated rings. The van der Waals surface area contributed by atoms with Gasteiger partial charge in [-0.1, -0.05) is 0 Å². The highest BCUT2D eigenvalue weighted by Crippen LogP contribution is 2.24. The zero-order valence-electron chi connectivity index (χ0n) is 9.79. The number of nitrogens with two attached hydrogens (primary N) is 1. The Balaban J connectivity index is 2.65. The predicted octanol–water partition coefficient (Wildman–Crippen LogP) is 2.45. The zero-order valence-corrected chi connectivity index (χ0v) is 12.2. The Morgan fingerprint density at radius 3 is 2.62 bits per heavy atom. The van der Waals surface area contributed by atoms with Crippen LogP contribution in [0.4, 0.5) is 0 Å². The molecule has 3 nitrogen and oxygen atoms in total. The molecule has 0 unspecified atom stereocenters. The normalized spacial score (nSPS) is 11.6. The van der Waals surface area contributed by atoms with Crippen molar-refractivity contribution in [3.63, 3.8) is 0 Å². The summed E-state index contributed by atoms with van der Waals surface area (Å²) in [6.07, 6.45) is 0. The summed E-state index contributed by atoms with van der Waals surface area (Å²) in [5.74, 6) is 0.0829. The second kappa shape index (κ2) is 5.29. The van der Waals surface area contributed by atoms with E-state index in [2.05, 4.69) is 15.9 Å². The van der Waals surface area contributed by atoms with Gasteiger partial charge in [0.1, 0.15) is 0 Å². The summed E-state index contributed by atoms with van der Waals surface area (Å²) in [7, 11) is 1.81. The second-order valence-corrected chi connectivity index (χ2v) is 7.00. The number of carbonyl (C=O) groups is 1. The summed E-state index contributed by atoms with van der Waals surface area (Å²) in [6, 6.07) is 4.01. The first-order chi connectivity index (χ1) is 7.36. The average molecular weight is 305 g/mol. The summed E-state index contributed by atoms with van der Waals surface area (Å²) >= 11 is 5.05. The van der Waals surface area contributed by atoms with Gasteiger partial charge in [0.15, 0.2) is 0 Å². The monoisotopic (exact) mass is 304 g/mol. The van der Waals surface area contributed by atoms with Crippen LogP contribution in [0.2, 0.25) is 0 Å². The average Bonchev–Trinajstić information content (AvgIpc) is 2.62. The van der Waals surface area contributed by atoms with Crippen molar-refractivity contribution >= 4 is 33.2 Å². The van der Waals surface area contributed by atoms with Crippen LogP contribution in [0.5, 0.6) is 0 Å². The van der Waals surface area contributed by atoms with Crippen molar-refractivity contribution in [1.29, 1.82) is 0 Å². The lowest BCUT2D eigenvalue weighted by Gasteiger charge is -2.27. The quantitative estimate of drug-likeness (QED) is 0.929. The third-order valence-electron chi connectivity index (χ3n) is 2.46. The van der Waals surface area contributed by atoms with E-state index in [4.69, 9.17) is 5.73 Å². The lowest BCUT2D eigenvalue weighted by atomic mass is 9.92. The van der Waals surface area contributed by atoms with E-state index in [1.165, 1.54) is 0 Å². The highest BCUT2D eigenvalue weighted by molar-refractivity contribution is 9.11. The molecule has 16 heavy (non-hydrogen) atoms. The van der Waals surface area contributed by atoms with Gasteiger partial charge in [-0.15, -0.1) is 11.3 Å². The molecule has 0 aliphatic carbocycles. The van der Waals surface area contributed by atoms with Crippen LogP contribution in [-0.4, -0.2) is 24.4 Å². The van der Waals surface area contributed by atoms with Crippen molar-refractivity contribution in [3.05, 3.63) is 20.8 Å². The van der Waals surface area contributed by atoms with Crippen LogP contribution in [0.1, 0.15) is 18.7 Å². The van der Waals surface area contributed by atoms with Crippen molar-refractivity contribution in [2.24, 2.45) is 11.1 Å². The third kappa shape index (κ3) is 3.30. The van der Waals surface area contributed by atoms with E-state index in [0.717, 1.165) is 8.66 Å². The van der Waals surface area contributed by atoms with Crippen LogP contribution in [0, 0.1) is 5.41 Å². The molecule has 0 aliphatic heterocycles. The molecule has 0 saturated heterocycles. The van der Waals surface area contributed by atoms with Gasteiger partial charge in [0.05, 0.1) is 15.7 Å². The van der Waals surface area contributed by atoms with Crippen LogP contribution in [0.3, 0.4) is 0 Å². The Labute approximate surface area is 109 Å². The van der Waals surface area contributed by atoms with Gasteiger partial charge in [-0.25, -0.2) is 0 Å². The number of rotatable bonds is 4. The van der Waals surface area contributed by atoms with Gasteiger partial charge < -0.3 is 10.6 Å². The number of thiophene rings is 1. The number of halogens is 1. The van der Waals surface area contributed by atoms with Gasteiger partial charge in [-0.3, -0.25) is 4.79 Å². The van der Waals surface area contributed by atoms with Gasteiger partial charge in [0.25, 0.3) is 0 Å². The van der Waals surface area contributed by atoms with Crippen molar-refractivity contribution in [2.75, 3.05) is 13.6 Å². The maximum absolute atomic E-state index is 12.0. The molecule has 1 aromatic rings. The zero-order chi connectivity index (χ0) is 12.3. The molecule has 0 aromatic carbocycles. The Kier molecular flexibility index (Phi) is 4.52. The number of hydrogen-bond acceptors (Lipinski definition) is 3. The molecular formula is C11H17BrN2OS. The van der Waals surface area contributed by atoms with Crippen molar-refractivity contribution in [2.45, 2.75) is 20.4 Å². The van der Waals surface area contributed by atoms with Gasteiger partial charge in [-0.05, 0) is 41.9 Å². The second-order valence-electron chi connectivity index (χ2n) is 4.46. The molecule has 2 N–H and O–H groups in total. The van der Waals surface area contributed by atoms with Crippen molar-refractivity contribution in [3.8, 4) is 0 Å². The summed E-state index contributed by atoms with van der Waals surface area (Å²) in [4.78, 5) is 14.9. The molecule has 0 spiro atoms. The number of amides is 1. The lowest BCUT2D eigenvalue weighted by Crippen LogP contribution is -2.42. The summed E-state index contributed by atoms with van der Waals surface area (Å²) < 4.78 is 1.08. The molecule has 1 amide bonds. The Morgan fingerprint density at radius 2 is 2.19 bits per heavy atom. The van der Waals surface area contributed by atoms with Gasteiger partial charge in [0.2, 0.25) is 5.91 Å². The highest BCUT2D eigenvalue weighted by Gasteiger charge is 2.28. The molecule has 1 aromatic heterocycles. The van der Waals surface area contributed by atoms with E-state index in [1.807, 2.05) is 33.0 Å². The Bertz CT molecular complexity index is 376. The van der Waals surface area contributed by atoms with Crippen LogP contribution in [-0.2, 0) is 11.3 Å². The SMILES string of the molecule is CN(Cc1ccc(Br)s1)C(=O)C(C)(C)CN. The highest BCUT2D eigenvalue weighted by atomic mass is 79.9. The van der Waals surface area contributed by atoms with Crippen LogP contribution in [0.15, 0.2) is 15.9 Å². The van der Waals surface area contributed by atoms with Gasteiger partial charge in [-0.2, -0.15) is 0 Å². The number of carbonyl (C=O) groups excluding carboxylic acids is 1. The fourth-order valence-corrected chi connectivity index (χ4v) is 2.88. The molecule has 5 heteroatoms. The van der Waals surface area contributed by atoms with Crippen LogP contribution >= 0.6 is 27.3 Å². The smallest absolute Gasteiger partial charge is 0.229 e. The molecular weight excluding hydrogens is 288 g/mol. The number of nitrogens with zero attached hydrogens (tertiary/aromatic N) is 1. The van der Waals surface area contributed by atoms with E-state index in [9.17, 15) is 4.79 Å². The van der Waals surface area contributed by atoms with Crippen LogP contribution in [0.25, 0.3) is 0 Å². The Hall–Kier alpha value is -0.390. The fourth-order valence-electron chi connectivity index (χ4n) is 1.35. The minimum Gasteiger partial charge on any atom is -0.340 e. The molecule has 1 heterocycles. The molecule has 1 rings (SSSR count). The van der Waals surface area contributed by atoms with Gasteiger partial charge >= 0.3 is 0 Å². The summed E-state index contributed by atoms with van der Waals surface area (Å²) in [6.45, 7) is 4.75. The molecule has 0 aliphatic rings.